The van der Waals surface area contributed by atoms with E-state index in [1.54, 1.807) is 7.11 Å². The quantitative estimate of drug-likeness (QED) is 0.567. The summed E-state index contributed by atoms with van der Waals surface area (Å²) in [6.45, 7) is 12.2. The van der Waals surface area contributed by atoms with E-state index >= 15 is 0 Å². The SMILES string of the molecule is COC1=NNCC1(c1cnc(N)c2oc(Cl)cc12)[C@H]1CC[C@H](O[Si](C)(C)C(C)(C)C)CC1. The van der Waals surface area contributed by atoms with Crippen molar-refractivity contribution in [1.29, 1.82) is 0 Å². The molecule has 2 aromatic rings. The fourth-order valence-corrected chi connectivity index (χ4v) is 6.63. The number of halogens is 1. The first-order valence-electron chi connectivity index (χ1n) is 11.4. The third kappa shape index (κ3) is 3.80. The number of fused-ring (bicyclic) bond motifs is 1. The van der Waals surface area contributed by atoms with Gasteiger partial charge in [-0.15, -0.1) is 5.10 Å². The predicted molar refractivity (Wildman–Crippen MR) is 132 cm³/mol. The smallest absolute Gasteiger partial charge is 0.218 e. The lowest BCUT2D eigenvalue weighted by atomic mass is 9.64. The summed E-state index contributed by atoms with van der Waals surface area (Å²) in [5.74, 6) is 1.33. The standard InChI is InChI=1S/C23H35ClN4O3Si/c1-22(2,3)32(5,6)31-15-9-7-14(8-10-15)23(13-27-28-21(23)29-4)17-12-26-20(25)19-16(17)11-18(24)30-19/h11-12,14-15,27H,7-10,13H2,1-6H3,(H2,25,26)/t14-,15-,23?. The monoisotopic (exact) mass is 478 g/mol. The summed E-state index contributed by atoms with van der Waals surface area (Å²) in [6, 6.07) is 1.82. The van der Waals surface area contributed by atoms with E-state index in [1.165, 1.54) is 0 Å². The first kappa shape index (κ1) is 23.4. The van der Waals surface area contributed by atoms with Crippen LogP contribution in [0.4, 0.5) is 5.82 Å². The number of furan rings is 1. The molecular formula is C23H35ClN4O3Si. The molecule has 1 aliphatic carbocycles. The molecule has 4 rings (SSSR count). The normalized spacial score (nSPS) is 26.8. The Hall–Kier alpha value is -1.77. The van der Waals surface area contributed by atoms with Gasteiger partial charge in [0.2, 0.25) is 5.90 Å². The third-order valence-corrected chi connectivity index (χ3v) is 12.5. The van der Waals surface area contributed by atoms with Crippen molar-refractivity contribution in [3.8, 4) is 0 Å². The second kappa shape index (κ2) is 8.22. The maximum Gasteiger partial charge on any atom is 0.218 e. The van der Waals surface area contributed by atoms with Gasteiger partial charge in [0.1, 0.15) is 0 Å². The number of nitrogens with zero attached hydrogens (tertiary/aromatic N) is 2. The summed E-state index contributed by atoms with van der Waals surface area (Å²) in [6.07, 6.45) is 6.21. The number of nitrogen functional groups attached to an aromatic ring is 1. The number of hydrogen-bond acceptors (Lipinski definition) is 7. The van der Waals surface area contributed by atoms with Gasteiger partial charge in [-0.1, -0.05) is 20.8 Å². The number of nitrogens with one attached hydrogen (secondary N) is 1. The number of anilines is 1. The molecule has 0 amide bonds. The Morgan fingerprint density at radius 1 is 1.25 bits per heavy atom. The topological polar surface area (TPSA) is 94.9 Å². The fourth-order valence-electron chi connectivity index (χ4n) is 5.02. The molecule has 2 aromatic heterocycles. The highest BCUT2D eigenvalue weighted by Crippen LogP contribution is 2.48. The van der Waals surface area contributed by atoms with Gasteiger partial charge in [0.05, 0.1) is 19.1 Å². The fraction of sp³-hybridized carbons (Fsp3) is 0.652. The zero-order valence-corrected chi connectivity index (χ0v) is 21.7. The van der Waals surface area contributed by atoms with Crippen molar-refractivity contribution in [2.24, 2.45) is 11.0 Å². The predicted octanol–water partition coefficient (Wildman–Crippen LogP) is 5.44. The van der Waals surface area contributed by atoms with Crippen molar-refractivity contribution in [3.63, 3.8) is 0 Å². The Morgan fingerprint density at radius 3 is 2.56 bits per heavy atom. The van der Waals surface area contributed by atoms with E-state index in [2.05, 4.69) is 49.4 Å². The second-order valence-electron chi connectivity index (χ2n) is 10.6. The molecule has 1 saturated carbocycles. The summed E-state index contributed by atoms with van der Waals surface area (Å²) in [5.41, 5.74) is 10.3. The van der Waals surface area contributed by atoms with Crippen LogP contribution in [0.25, 0.3) is 11.0 Å². The van der Waals surface area contributed by atoms with Gasteiger partial charge in [0.15, 0.2) is 24.9 Å². The summed E-state index contributed by atoms with van der Waals surface area (Å²) in [4.78, 5) is 4.43. The number of methoxy groups -OCH3 is 1. The number of pyridine rings is 1. The first-order chi connectivity index (χ1) is 15.0. The highest BCUT2D eigenvalue weighted by atomic mass is 35.5. The minimum atomic E-state index is -1.80. The maximum absolute atomic E-state index is 6.74. The molecule has 32 heavy (non-hydrogen) atoms. The number of aromatic nitrogens is 1. The number of nitrogens with two attached hydrogens (primary N) is 1. The molecule has 176 valence electrons. The van der Waals surface area contributed by atoms with E-state index in [4.69, 9.17) is 30.9 Å². The molecule has 1 fully saturated rings. The van der Waals surface area contributed by atoms with Crippen molar-refractivity contribution in [2.75, 3.05) is 19.4 Å². The Labute approximate surface area is 196 Å². The average Bonchev–Trinajstić information content (AvgIpc) is 3.32. The number of hydrazone groups is 1. The molecule has 3 N–H and O–H groups in total. The van der Waals surface area contributed by atoms with Gasteiger partial charge in [-0.25, -0.2) is 4.98 Å². The van der Waals surface area contributed by atoms with Crippen LogP contribution in [-0.4, -0.2) is 39.0 Å². The van der Waals surface area contributed by atoms with Crippen molar-refractivity contribution in [3.05, 3.63) is 23.0 Å². The molecule has 0 saturated heterocycles. The van der Waals surface area contributed by atoms with E-state index in [9.17, 15) is 0 Å². The van der Waals surface area contributed by atoms with Crippen LogP contribution in [0.1, 0.15) is 52.0 Å². The molecule has 0 aromatic carbocycles. The van der Waals surface area contributed by atoms with Crippen LogP contribution in [-0.2, 0) is 14.6 Å². The molecule has 0 radical (unpaired) electrons. The van der Waals surface area contributed by atoms with Crippen LogP contribution in [0, 0.1) is 5.92 Å². The van der Waals surface area contributed by atoms with E-state index in [0.29, 0.717) is 41.1 Å². The molecule has 3 heterocycles. The van der Waals surface area contributed by atoms with E-state index < -0.39 is 13.7 Å². The van der Waals surface area contributed by atoms with Crippen molar-refractivity contribution >= 4 is 42.6 Å². The highest BCUT2D eigenvalue weighted by Gasteiger charge is 2.52. The van der Waals surface area contributed by atoms with Crippen LogP contribution in [0.2, 0.25) is 23.4 Å². The Morgan fingerprint density at radius 2 is 1.94 bits per heavy atom. The number of rotatable bonds is 4. The number of ether oxygens (including phenoxy) is 1. The van der Waals surface area contributed by atoms with E-state index in [-0.39, 0.29) is 5.04 Å². The lowest BCUT2D eigenvalue weighted by Gasteiger charge is -2.44. The van der Waals surface area contributed by atoms with Gasteiger partial charge in [0.25, 0.3) is 0 Å². The van der Waals surface area contributed by atoms with Crippen LogP contribution in [0.3, 0.4) is 0 Å². The van der Waals surface area contributed by atoms with Gasteiger partial charge in [-0.3, -0.25) is 0 Å². The summed E-state index contributed by atoms with van der Waals surface area (Å²) in [7, 11) is -0.123. The van der Waals surface area contributed by atoms with Gasteiger partial charge < -0.3 is 24.7 Å². The molecule has 1 aliphatic heterocycles. The van der Waals surface area contributed by atoms with Crippen molar-refractivity contribution in [2.45, 2.75) is 76.1 Å². The summed E-state index contributed by atoms with van der Waals surface area (Å²) in [5, 5.41) is 5.88. The molecule has 1 unspecified atom stereocenters. The third-order valence-electron chi connectivity index (χ3n) is 7.79. The van der Waals surface area contributed by atoms with Crippen LogP contribution >= 0.6 is 11.6 Å². The Balaban J connectivity index is 1.66. The zero-order valence-electron chi connectivity index (χ0n) is 19.9. The van der Waals surface area contributed by atoms with Gasteiger partial charge in [0, 0.05) is 23.8 Å². The Kier molecular flexibility index (Phi) is 6.01. The summed E-state index contributed by atoms with van der Waals surface area (Å²) < 4.78 is 18.2. The molecular weight excluding hydrogens is 444 g/mol. The van der Waals surface area contributed by atoms with Crippen LogP contribution in [0.5, 0.6) is 0 Å². The largest absolute Gasteiger partial charge is 0.482 e. The van der Waals surface area contributed by atoms with Crippen LogP contribution in [0.15, 0.2) is 21.8 Å². The maximum atomic E-state index is 6.74. The minimum absolute atomic E-state index is 0.206. The lowest BCUT2D eigenvalue weighted by Crippen LogP contribution is -2.49. The zero-order chi connectivity index (χ0) is 23.3. The van der Waals surface area contributed by atoms with Gasteiger partial charge in [-0.05, 0) is 66.9 Å². The van der Waals surface area contributed by atoms with Crippen molar-refractivity contribution < 1.29 is 13.6 Å². The second-order valence-corrected chi connectivity index (χ2v) is 15.8. The molecule has 2 aliphatic rings. The molecule has 7 nitrogen and oxygen atoms in total. The molecule has 0 spiro atoms. The Bertz CT molecular complexity index is 1020. The minimum Gasteiger partial charge on any atom is -0.482 e. The van der Waals surface area contributed by atoms with Gasteiger partial charge >= 0.3 is 0 Å². The number of hydrogen-bond donors (Lipinski definition) is 2. The van der Waals surface area contributed by atoms with Crippen molar-refractivity contribution in [1.82, 2.24) is 10.4 Å². The summed E-state index contributed by atoms with van der Waals surface area (Å²) >= 11 is 6.21. The molecule has 1 atom stereocenters. The lowest BCUT2D eigenvalue weighted by molar-refractivity contribution is 0.0987. The van der Waals surface area contributed by atoms with Crippen LogP contribution < -0.4 is 11.2 Å². The first-order valence-corrected chi connectivity index (χ1v) is 14.6. The molecule has 0 bridgehead atoms. The van der Waals surface area contributed by atoms with E-state index in [1.807, 2.05) is 12.3 Å². The average molecular weight is 479 g/mol. The molecule has 9 heteroatoms. The van der Waals surface area contributed by atoms with Gasteiger partial charge in [-0.2, -0.15) is 0 Å². The van der Waals surface area contributed by atoms with E-state index in [0.717, 1.165) is 36.6 Å². The highest BCUT2D eigenvalue weighted by molar-refractivity contribution is 6.74.